The van der Waals surface area contributed by atoms with Gasteiger partial charge in [0, 0.05) is 6.54 Å². The van der Waals surface area contributed by atoms with Crippen molar-refractivity contribution in [2.75, 3.05) is 11.4 Å². The van der Waals surface area contributed by atoms with Gasteiger partial charge in [0.25, 0.3) is 15.9 Å². The quantitative estimate of drug-likeness (QED) is 0.881. The van der Waals surface area contributed by atoms with Crippen LogP contribution in [0.25, 0.3) is 0 Å². The van der Waals surface area contributed by atoms with Crippen molar-refractivity contribution >= 4 is 39.0 Å². The highest BCUT2D eigenvalue weighted by Gasteiger charge is 2.52. The average Bonchev–Trinajstić information content (AvgIpc) is 3.26. The third kappa shape index (κ3) is 2.55. The summed E-state index contributed by atoms with van der Waals surface area (Å²) in [6.45, 7) is 0.199. The normalized spacial score (nSPS) is 24.2. The number of urea groups is 1. The second-order valence-electron chi connectivity index (χ2n) is 5.85. The number of nitrogens with one attached hydrogen (secondary N) is 1. The molecule has 0 unspecified atom stereocenters. The Kier molecular flexibility index (Phi) is 3.86. The molecule has 0 radical (unpaired) electrons. The summed E-state index contributed by atoms with van der Waals surface area (Å²) in [5.74, 6) is -0.516. The lowest BCUT2D eigenvalue weighted by Gasteiger charge is -2.36. The number of sulfonamides is 1. The number of hydrogen-bond donors (Lipinski definition) is 1. The van der Waals surface area contributed by atoms with E-state index < -0.39 is 34.0 Å². The molecule has 7 nitrogen and oxygen atoms in total. The fraction of sp³-hybridized carbons (Fsp3) is 0.250. The summed E-state index contributed by atoms with van der Waals surface area (Å²) in [6, 6.07) is 9.73. The van der Waals surface area contributed by atoms with Crippen LogP contribution < -0.4 is 10.2 Å². The molecule has 0 saturated carbocycles. The molecule has 1 aromatic carbocycles. The molecule has 9 heteroatoms. The Balaban J connectivity index is 1.72. The molecule has 130 valence electrons. The molecule has 2 aliphatic rings. The Morgan fingerprint density at radius 1 is 1.08 bits per heavy atom. The van der Waals surface area contributed by atoms with E-state index >= 15 is 0 Å². The van der Waals surface area contributed by atoms with Gasteiger partial charge in [0.1, 0.15) is 10.3 Å². The Bertz CT molecular complexity index is 912. The number of carbonyl (C=O) groups is 2. The number of anilines is 1. The second kappa shape index (κ2) is 5.94. The zero-order valence-corrected chi connectivity index (χ0v) is 14.7. The van der Waals surface area contributed by atoms with Crippen molar-refractivity contribution in [3.8, 4) is 0 Å². The number of fused-ring (bicyclic) bond motifs is 1. The Labute approximate surface area is 148 Å². The lowest BCUT2D eigenvalue weighted by molar-refractivity contribution is -0.122. The molecule has 1 aromatic heterocycles. The predicted molar refractivity (Wildman–Crippen MR) is 92.9 cm³/mol. The summed E-state index contributed by atoms with van der Waals surface area (Å²) in [4.78, 5) is 26.4. The summed E-state index contributed by atoms with van der Waals surface area (Å²) >= 11 is 1.11. The highest BCUT2D eigenvalue weighted by molar-refractivity contribution is 7.91. The van der Waals surface area contributed by atoms with E-state index in [0.29, 0.717) is 12.1 Å². The second-order valence-corrected chi connectivity index (χ2v) is 8.91. The number of rotatable bonds is 3. The number of imide groups is 1. The van der Waals surface area contributed by atoms with Crippen LogP contribution in [0.2, 0.25) is 0 Å². The number of para-hydroxylation sites is 1. The van der Waals surface area contributed by atoms with Crippen LogP contribution >= 0.6 is 11.3 Å². The van der Waals surface area contributed by atoms with Gasteiger partial charge in [-0.05, 0) is 30.0 Å². The fourth-order valence-electron chi connectivity index (χ4n) is 3.28. The number of hydrogen-bond acceptors (Lipinski definition) is 5. The van der Waals surface area contributed by atoms with E-state index in [2.05, 4.69) is 5.32 Å². The van der Waals surface area contributed by atoms with E-state index in [1.807, 2.05) is 0 Å². The lowest BCUT2D eigenvalue weighted by Crippen LogP contribution is -2.64. The minimum Gasteiger partial charge on any atom is -0.332 e. The van der Waals surface area contributed by atoms with Crippen molar-refractivity contribution in [3.05, 3.63) is 47.8 Å². The Morgan fingerprint density at radius 2 is 1.84 bits per heavy atom. The zero-order valence-electron chi connectivity index (χ0n) is 13.0. The van der Waals surface area contributed by atoms with Gasteiger partial charge >= 0.3 is 6.03 Å². The monoisotopic (exact) mass is 377 g/mol. The molecule has 1 N–H and O–H groups in total. The molecule has 2 saturated heterocycles. The van der Waals surface area contributed by atoms with Crippen molar-refractivity contribution in [1.29, 1.82) is 0 Å². The summed E-state index contributed by atoms with van der Waals surface area (Å²) < 4.78 is 27.2. The summed E-state index contributed by atoms with van der Waals surface area (Å²) in [5, 5.41) is 4.45. The summed E-state index contributed by atoms with van der Waals surface area (Å²) in [7, 11) is -3.77. The molecule has 2 aliphatic heterocycles. The number of thiophene rings is 1. The third-order valence-corrected chi connectivity index (χ3v) is 7.66. The molecular formula is C16H15N3O4S2. The van der Waals surface area contributed by atoms with Crippen molar-refractivity contribution < 1.29 is 18.0 Å². The maximum Gasteiger partial charge on any atom is 0.329 e. The molecule has 2 atom stereocenters. The van der Waals surface area contributed by atoms with Gasteiger partial charge in [0.15, 0.2) is 0 Å². The first-order chi connectivity index (χ1) is 12.0. The summed E-state index contributed by atoms with van der Waals surface area (Å²) in [6.07, 6.45) is 0.412. The number of amides is 3. The van der Waals surface area contributed by atoms with Gasteiger partial charge in [-0.1, -0.05) is 24.3 Å². The predicted octanol–water partition coefficient (Wildman–Crippen LogP) is 1.64. The van der Waals surface area contributed by atoms with E-state index in [9.17, 15) is 18.0 Å². The highest BCUT2D eigenvalue weighted by Crippen LogP contribution is 2.33. The number of carbonyl (C=O) groups excluding carboxylic acids is 2. The first-order valence-electron chi connectivity index (χ1n) is 7.75. The lowest BCUT2D eigenvalue weighted by atomic mass is 10.1. The van der Waals surface area contributed by atoms with Gasteiger partial charge in [-0.25, -0.2) is 18.1 Å². The average molecular weight is 377 g/mol. The van der Waals surface area contributed by atoms with Crippen LogP contribution in [-0.4, -0.2) is 43.3 Å². The third-order valence-electron chi connectivity index (χ3n) is 4.41. The Hall–Kier alpha value is -2.23. The van der Waals surface area contributed by atoms with Crippen LogP contribution in [0.15, 0.2) is 52.1 Å². The highest BCUT2D eigenvalue weighted by atomic mass is 32.2. The summed E-state index contributed by atoms with van der Waals surface area (Å²) in [5.41, 5.74) is 0.420. The molecule has 2 fully saturated rings. The zero-order chi connectivity index (χ0) is 17.6. The molecule has 3 heterocycles. The number of benzene rings is 1. The topological polar surface area (TPSA) is 86.8 Å². The maximum absolute atomic E-state index is 13.0. The molecule has 25 heavy (non-hydrogen) atoms. The van der Waals surface area contributed by atoms with Gasteiger partial charge in [0.05, 0.1) is 11.7 Å². The van der Waals surface area contributed by atoms with Crippen LogP contribution in [0.5, 0.6) is 0 Å². The van der Waals surface area contributed by atoms with Gasteiger partial charge in [0.2, 0.25) is 0 Å². The maximum atomic E-state index is 13.0. The van der Waals surface area contributed by atoms with Crippen LogP contribution in [0.3, 0.4) is 0 Å². The molecule has 0 bridgehead atoms. The van der Waals surface area contributed by atoms with E-state index in [4.69, 9.17) is 0 Å². The smallest absolute Gasteiger partial charge is 0.329 e. The Morgan fingerprint density at radius 3 is 2.52 bits per heavy atom. The first-order valence-corrected chi connectivity index (χ1v) is 10.1. The largest absolute Gasteiger partial charge is 0.332 e. The van der Waals surface area contributed by atoms with Gasteiger partial charge in [-0.3, -0.25) is 4.79 Å². The van der Waals surface area contributed by atoms with Crippen molar-refractivity contribution in [2.24, 2.45) is 0 Å². The first kappa shape index (κ1) is 16.2. The van der Waals surface area contributed by atoms with E-state index in [-0.39, 0.29) is 10.8 Å². The molecule has 0 aliphatic carbocycles. The van der Waals surface area contributed by atoms with Gasteiger partial charge in [-0.2, -0.15) is 4.31 Å². The van der Waals surface area contributed by atoms with Crippen molar-refractivity contribution in [2.45, 2.75) is 22.7 Å². The minimum atomic E-state index is -3.77. The molecule has 2 aromatic rings. The SMILES string of the molecule is O=C1N[C@@H]2CCN(S(=O)(=O)c3cccs3)[C@H]2C(=O)N1c1ccccc1. The van der Waals surface area contributed by atoms with Crippen molar-refractivity contribution in [1.82, 2.24) is 9.62 Å². The van der Waals surface area contributed by atoms with Crippen LogP contribution in [0.4, 0.5) is 10.5 Å². The van der Waals surface area contributed by atoms with Gasteiger partial charge < -0.3 is 5.32 Å². The van der Waals surface area contributed by atoms with Crippen LogP contribution in [0, 0.1) is 0 Å². The van der Waals surface area contributed by atoms with E-state index in [0.717, 1.165) is 16.2 Å². The molecule has 0 spiro atoms. The minimum absolute atomic E-state index is 0.198. The molecule has 3 amide bonds. The van der Waals surface area contributed by atoms with Gasteiger partial charge in [-0.15, -0.1) is 11.3 Å². The number of nitrogens with zero attached hydrogens (tertiary/aromatic N) is 2. The molecular weight excluding hydrogens is 362 g/mol. The standard InChI is InChI=1S/C16H15N3O4S2/c20-15-14-12(17-16(21)19(15)11-5-2-1-3-6-11)8-9-18(14)25(22,23)13-7-4-10-24-13/h1-7,10,12,14H,8-9H2,(H,17,21)/t12-,14-/m1/s1. The molecule has 4 rings (SSSR count). The van der Waals surface area contributed by atoms with Crippen molar-refractivity contribution in [3.63, 3.8) is 0 Å². The van der Waals surface area contributed by atoms with E-state index in [1.54, 1.807) is 41.8 Å². The van der Waals surface area contributed by atoms with Crippen LogP contribution in [-0.2, 0) is 14.8 Å². The van der Waals surface area contributed by atoms with E-state index in [1.165, 1.54) is 10.4 Å². The fourth-order valence-corrected chi connectivity index (χ4v) is 6.04. The van der Waals surface area contributed by atoms with Crippen LogP contribution in [0.1, 0.15) is 6.42 Å².